The third kappa shape index (κ3) is 15.4. The Morgan fingerprint density at radius 3 is 2.27 bits per heavy atom. The predicted octanol–water partition coefficient (Wildman–Crippen LogP) is -0.450. The van der Waals surface area contributed by atoms with Gasteiger partial charge in [0.25, 0.3) is 0 Å². The highest BCUT2D eigenvalue weighted by Crippen LogP contribution is 1.82. The summed E-state index contributed by atoms with van der Waals surface area (Å²) < 4.78 is 4.51. The van der Waals surface area contributed by atoms with Crippen LogP contribution in [-0.4, -0.2) is 46.6 Å². The van der Waals surface area contributed by atoms with Crippen molar-refractivity contribution in [3.05, 3.63) is 12.7 Å². The zero-order valence-electron chi connectivity index (χ0n) is 8.55. The molecule has 0 rings (SSSR count). The predicted molar refractivity (Wildman–Crippen MR) is 52.2 cm³/mol. The van der Waals surface area contributed by atoms with E-state index >= 15 is 0 Å². The molecule has 0 amide bonds. The molecule has 0 radical (unpaired) electrons. The molecule has 0 aromatic carbocycles. The Morgan fingerprint density at radius 2 is 2.00 bits per heavy atom. The fraction of sp³-hybridized carbons (Fsp3) is 0.556. The lowest BCUT2D eigenvalue weighted by molar-refractivity contribution is -0.145. The van der Waals surface area contributed by atoms with Gasteiger partial charge in [0.05, 0.1) is 6.61 Å². The van der Waals surface area contributed by atoms with Crippen LogP contribution < -0.4 is 0 Å². The molecule has 0 aliphatic carbocycles. The van der Waals surface area contributed by atoms with Crippen LogP contribution in [0, 0.1) is 0 Å². The second-order valence-electron chi connectivity index (χ2n) is 2.46. The van der Waals surface area contributed by atoms with Crippen LogP contribution in [0.25, 0.3) is 0 Å². The maximum absolute atomic E-state index is 10.3. The molecule has 0 aromatic rings. The Kier molecular flexibility index (Phi) is 11.4. The van der Waals surface area contributed by atoms with Gasteiger partial charge in [-0.2, -0.15) is 0 Å². The zero-order valence-corrected chi connectivity index (χ0v) is 8.55. The number of carbonyl (C=O) groups excluding carboxylic acids is 1. The maximum Gasteiger partial charge on any atom is 0.332 e. The number of aliphatic carboxylic acids is 1. The van der Waals surface area contributed by atoms with Crippen molar-refractivity contribution >= 4 is 11.9 Å². The van der Waals surface area contributed by atoms with Crippen LogP contribution in [-0.2, 0) is 14.3 Å². The highest BCUT2D eigenvalue weighted by Gasteiger charge is 2.01. The van der Waals surface area contributed by atoms with Gasteiger partial charge < -0.3 is 20.1 Å². The average Bonchev–Trinajstić information content (AvgIpc) is 2.18. The van der Waals surface area contributed by atoms with Crippen LogP contribution in [0.15, 0.2) is 12.7 Å². The van der Waals surface area contributed by atoms with Crippen molar-refractivity contribution in [2.45, 2.75) is 19.4 Å². The SMILES string of the molecule is C=CC(=O)OCCCO.C[C@@H](O)C(=O)O. The van der Waals surface area contributed by atoms with E-state index in [1.807, 2.05) is 0 Å². The van der Waals surface area contributed by atoms with Gasteiger partial charge in [0, 0.05) is 19.1 Å². The summed E-state index contributed by atoms with van der Waals surface area (Å²) in [5, 5.41) is 24.0. The van der Waals surface area contributed by atoms with Gasteiger partial charge in [-0.05, 0) is 6.92 Å². The second-order valence-corrected chi connectivity index (χ2v) is 2.46. The third-order valence-electron chi connectivity index (χ3n) is 1.07. The highest BCUT2D eigenvalue weighted by molar-refractivity contribution is 5.81. The average molecular weight is 220 g/mol. The van der Waals surface area contributed by atoms with Crippen LogP contribution in [0.3, 0.4) is 0 Å². The topological polar surface area (TPSA) is 104 Å². The number of aliphatic hydroxyl groups is 2. The van der Waals surface area contributed by atoms with Gasteiger partial charge in [-0.25, -0.2) is 9.59 Å². The molecule has 3 N–H and O–H groups in total. The smallest absolute Gasteiger partial charge is 0.332 e. The van der Waals surface area contributed by atoms with Gasteiger partial charge in [-0.1, -0.05) is 6.58 Å². The molecular weight excluding hydrogens is 204 g/mol. The summed E-state index contributed by atoms with van der Waals surface area (Å²) in [4.78, 5) is 19.7. The molecule has 0 saturated carbocycles. The zero-order chi connectivity index (χ0) is 12.3. The van der Waals surface area contributed by atoms with Crippen LogP contribution in [0.4, 0.5) is 0 Å². The molecular formula is C9H16O6. The normalized spacial score (nSPS) is 10.6. The number of carboxylic acids is 1. The summed E-state index contributed by atoms with van der Waals surface area (Å²) in [7, 11) is 0. The van der Waals surface area contributed by atoms with Crippen molar-refractivity contribution in [1.29, 1.82) is 0 Å². The van der Waals surface area contributed by atoms with Gasteiger partial charge in [-0.3, -0.25) is 0 Å². The van der Waals surface area contributed by atoms with E-state index in [0.717, 1.165) is 6.08 Å². The molecule has 6 heteroatoms. The summed E-state index contributed by atoms with van der Waals surface area (Å²) in [6.07, 6.45) is 0.349. The molecule has 0 fully saturated rings. The molecule has 0 aliphatic heterocycles. The Morgan fingerprint density at radius 1 is 1.53 bits per heavy atom. The van der Waals surface area contributed by atoms with Crippen molar-refractivity contribution in [3.8, 4) is 0 Å². The van der Waals surface area contributed by atoms with Crippen molar-refractivity contribution in [2.24, 2.45) is 0 Å². The molecule has 0 heterocycles. The number of rotatable bonds is 5. The molecule has 0 saturated heterocycles. The minimum atomic E-state index is -1.23. The lowest BCUT2D eigenvalue weighted by Crippen LogP contribution is -2.13. The monoisotopic (exact) mass is 220 g/mol. The third-order valence-corrected chi connectivity index (χ3v) is 1.07. The first kappa shape index (κ1) is 16.0. The second kappa shape index (κ2) is 10.7. The molecule has 1 atom stereocenters. The van der Waals surface area contributed by atoms with Crippen LogP contribution >= 0.6 is 0 Å². The Hall–Kier alpha value is -1.40. The van der Waals surface area contributed by atoms with Gasteiger partial charge >= 0.3 is 11.9 Å². The number of aliphatic hydroxyl groups excluding tert-OH is 2. The maximum atomic E-state index is 10.3. The van der Waals surface area contributed by atoms with E-state index in [-0.39, 0.29) is 13.2 Å². The van der Waals surface area contributed by atoms with Gasteiger partial charge in [0.15, 0.2) is 0 Å². The quantitative estimate of drug-likeness (QED) is 0.329. The highest BCUT2D eigenvalue weighted by atomic mass is 16.5. The molecule has 0 aliphatic rings. The number of esters is 1. The molecule has 0 bridgehead atoms. The lowest BCUT2D eigenvalue weighted by atomic mass is 10.4. The van der Waals surface area contributed by atoms with E-state index in [4.69, 9.17) is 15.3 Å². The Labute approximate surface area is 87.8 Å². The molecule has 15 heavy (non-hydrogen) atoms. The van der Waals surface area contributed by atoms with E-state index in [2.05, 4.69) is 11.3 Å². The number of hydrogen-bond acceptors (Lipinski definition) is 5. The van der Waals surface area contributed by atoms with E-state index in [9.17, 15) is 9.59 Å². The van der Waals surface area contributed by atoms with Gasteiger partial charge in [0.1, 0.15) is 6.10 Å². The van der Waals surface area contributed by atoms with Crippen LogP contribution in [0.1, 0.15) is 13.3 Å². The van der Waals surface area contributed by atoms with E-state index < -0.39 is 18.0 Å². The molecule has 0 spiro atoms. The van der Waals surface area contributed by atoms with Gasteiger partial charge in [0.2, 0.25) is 0 Å². The van der Waals surface area contributed by atoms with Gasteiger partial charge in [-0.15, -0.1) is 0 Å². The minimum Gasteiger partial charge on any atom is -0.479 e. The number of carboxylic acid groups (broad SMARTS) is 1. The van der Waals surface area contributed by atoms with Crippen molar-refractivity contribution in [2.75, 3.05) is 13.2 Å². The number of ether oxygens (including phenoxy) is 1. The fourth-order valence-electron chi connectivity index (χ4n) is 0.296. The molecule has 0 aromatic heterocycles. The molecule has 0 unspecified atom stereocenters. The molecule has 6 nitrogen and oxygen atoms in total. The first-order valence-electron chi connectivity index (χ1n) is 4.26. The first-order valence-corrected chi connectivity index (χ1v) is 4.26. The fourth-order valence-corrected chi connectivity index (χ4v) is 0.296. The summed E-state index contributed by atoms with van der Waals surface area (Å²) in [6.45, 7) is 4.71. The summed E-state index contributed by atoms with van der Waals surface area (Å²) in [5.41, 5.74) is 0. The van der Waals surface area contributed by atoms with Crippen LogP contribution in [0.2, 0.25) is 0 Å². The molecule has 88 valence electrons. The first-order chi connectivity index (χ1) is 6.95. The summed E-state index contributed by atoms with van der Waals surface area (Å²) in [6, 6.07) is 0. The Bertz CT molecular complexity index is 199. The van der Waals surface area contributed by atoms with Crippen molar-refractivity contribution in [3.63, 3.8) is 0 Å². The van der Waals surface area contributed by atoms with E-state index in [1.165, 1.54) is 6.92 Å². The summed E-state index contributed by atoms with van der Waals surface area (Å²) >= 11 is 0. The largest absolute Gasteiger partial charge is 0.479 e. The lowest BCUT2D eigenvalue weighted by Gasteiger charge is -1.96. The van der Waals surface area contributed by atoms with E-state index in [1.54, 1.807) is 0 Å². The minimum absolute atomic E-state index is 0.0461. The number of carbonyl (C=O) groups is 2. The summed E-state index contributed by atoms with van der Waals surface area (Å²) in [5.74, 6) is -1.63. The number of hydrogen-bond donors (Lipinski definition) is 3. The van der Waals surface area contributed by atoms with Crippen molar-refractivity contribution in [1.82, 2.24) is 0 Å². The van der Waals surface area contributed by atoms with Crippen molar-refractivity contribution < 1.29 is 29.6 Å². The Balaban J connectivity index is 0. The van der Waals surface area contributed by atoms with E-state index in [0.29, 0.717) is 6.42 Å². The van der Waals surface area contributed by atoms with Crippen LogP contribution in [0.5, 0.6) is 0 Å². The standard InChI is InChI=1S/C6H10O3.C3H6O3/c1-2-6(8)9-5-3-4-7;1-2(4)3(5)6/h2,7H,1,3-5H2;2,4H,1H3,(H,5,6)/t;2-/m.1/s1.